The van der Waals surface area contributed by atoms with E-state index in [9.17, 15) is 4.79 Å². The molecule has 1 saturated carbocycles. The van der Waals surface area contributed by atoms with E-state index in [-0.39, 0.29) is 5.91 Å². The van der Waals surface area contributed by atoms with E-state index >= 15 is 0 Å². The van der Waals surface area contributed by atoms with E-state index in [1.807, 2.05) is 18.2 Å². The highest BCUT2D eigenvalue weighted by Gasteiger charge is 2.45. The van der Waals surface area contributed by atoms with Crippen molar-refractivity contribution in [2.45, 2.75) is 18.4 Å². The second-order valence-corrected chi connectivity index (χ2v) is 6.90. The van der Waals surface area contributed by atoms with Crippen molar-refractivity contribution in [3.05, 3.63) is 18.2 Å². The third-order valence-corrected chi connectivity index (χ3v) is 5.24. The minimum Gasteiger partial charge on any atom is -0.378 e. The third-order valence-electron chi connectivity index (χ3n) is 4.16. The second kappa shape index (κ2) is 5.19. The monoisotopic (exact) mass is 318 g/mol. The molecule has 0 atom stereocenters. The number of carbonyl (C=O) groups excluding carboxylic acids is 1. The van der Waals surface area contributed by atoms with Crippen LogP contribution in [0.25, 0.3) is 10.2 Å². The number of nitrogens with one attached hydrogen (secondary N) is 1. The molecule has 1 saturated heterocycles. The van der Waals surface area contributed by atoms with Crippen LogP contribution in [0.3, 0.4) is 0 Å². The van der Waals surface area contributed by atoms with Crippen LogP contribution in [0, 0.1) is 0 Å². The molecule has 116 valence electrons. The van der Waals surface area contributed by atoms with Gasteiger partial charge in [0.25, 0.3) is 0 Å². The number of rotatable bonds is 3. The zero-order valence-corrected chi connectivity index (χ0v) is 13.0. The van der Waals surface area contributed by atoms with Crippen LogP contribution in [-0.4, -0.2) is 42.7 Å². The van der Waals surface area contributed by atoms with Crippen LogP contribution < -0.4 is 16.0 Å². The molecule has 1 aliphatic heterocycles. The molecule has 1 aliphatic carbocycles. The molecular formula is C15H18N4O2S. The molecule has 1 aromatic heterocycles. The van der Waals surface area contributed by atoms with Crippen LogP contribution in [0.2, 0.25) is 0 Å². The van der Waals surface area contributed by atoms with Crippen molar-refractivity contribution >= 4 is 38.3 Å². The lowest BCUT2D eigenvalue weighted by atomic mass is 10.2. The molecule has 0 bridgehead atoms. The van der Waals surface area contributed by atoms with Gasteiger partial charge in [0.1, 0.15) is 0 Å². The van der Waals surface area contributed by atoms with E-state index in [0.717, 1.165) is 60.2 Å². The first-order valence-corrected chi connectivity index (χ1v) is 8.29. The molecule has 2 heterocycles. The smallest absolute Gasteiger partial charge is 0.244 e. The Morgan fingerprint density at radius 1 is 1.36 bits per heavy atom. The van der Waals surface area contributed by atoms with Crippen molar-refractivity contribution in [3.63, 3.8) is 0 Å². The zero-order chi connectivity index (χ0) is 15.2. The number of morpholine rings is 1. The lowest BCUT2D eigenvalue weighted by Gasteiger charge is -2.25. The third kappa shape index (κ3) is 2.55. The Kier molecular flexibility index (Phi) is 3.28. The Hall–Kier alpha value is -1.70. The lowest BCUT2D eigenvalue weighted by molar-refractivity contribution is -0.118. The molecule has 7 heteroatoms. The zero-order valence-electron chi connectivity index (χ0n) is 12.2. The first kappa shape index (κ1) is 13.9. The SMILES string of the molecule is NC1(C(=O)Nc2ccc3nc(N4CCOCC4)sc3c2)CC1. The summed E-state index contributed by atoms with van der Waals surface area (Å²) in [7, 11) is 0. The molecule has 1 amide bonds. The summed E-state index contributed by atoms with van der Waals surface area (Å²) in [6.45, 7) is 3.24. The van der Waals surface area contributed by atoms with Crippen LogP contribution in [-0.2, 0) is 9.53 Å². The van der Waals surface area contributed by atoms with Crippen molar-refractivity contribution in [1.29, 1.82) is 0 Å². The van der Waals surface area contributed by atoms with Crippen LogP contribution in [0.1, 0.15) is 12.8 Å². The van der Waals surface area contributed by atoms with Crippen LogP contribution in [0.4, 0.5) is 10.8 Å². The number of amides is 1. The van der Waals surface area contributed by atoms with Crippen LogP contribution in [0.15, 0.2) is 18.2 Å². The van der Waals surface area contributed by atoms with E-state index < -0.39 is 5.54 Å². The fourth-order valence-electron chi connectivity index (χ4n) is 2.50. The number of thiazole rings is 1. The Morgan fingerprint density at radius 3 is 2.86 bits per heavy atom. The normalized spacial score (nSPS) is 20.1. The van der Waals surface area contributed by atoms with E-state index in [1.165, 1.54) is 0 Å². The van der Waals surface area contributed by atoms with Crippen molar-refractivity contribution in [2.75, 3.05) is 36.5 Å². The number of aromatic nitrogens is 1. The van der Waals surface area contributed by atoms with Gasteiger partial charge in [0.15, 0.2) is 5.13 Å². The Morgan fingerprint density at radius 2 is 2.14 bits per heavy atom. The second-order valence-electron chi connectivity index (χ2n) is 5.89. The molecule has 0 unspecified atom stereocenters. The molecule has 2 fully saturated rings. The number of carbonyl (C=O) groups is 1. The molecule has 4 rings (SSSR count). The van der Waals surface area contributed by atoms with Gasteiger partial charge in [-0.3, -0.25) is 4.79 Å². The van der Waals surface area contributed by atoms with Gasteiger partial charge >= 0.3 is 0 Å². The minimum absolute atomic E-state index is 0.0928. The fraction of sp³-hybridized carbons (Fsp3) is 0.467. The van der Waals surface area contributed by atoms with Crippen molar-refractivity contribution < 1.29 is 9.53 Å². The van der Waals surface area contributed by atoms with Gasteiger partial charge in [-0.1, -0.05) is 11.3 Å². The molecule has 1 aromatic carbocycles. The molecular weight excluding hydrogens is 300 g/mol. The summed E-state index contributed by atoms with van der Waals surface area (Å²) in [5.74, 6) is -0.0928. The van der Waals surface area contributed by atoms with E-state index in [2.05, 4.69) is 15.2 Å². The van der Waals surface area contributed by atoms with Gasteiger partial charge in [-0.2, -0.15) is 0 Å². The maximum Gasteiger partial charge on any atom is 0.244 e. The Balaban J connectivity index is 1.56. The summed E-state index contributed by atoms with van der Waals surface area (Å²) in [5.41, 5.74) is 7.00. The topological polar surface area (TPSA) is 80.5 Å². The molecule has 3 N–H and O–H groups in total. The largest absolute Gasteiger partial charge is 0.378 e. The standard InChI is InChI=1S/C15H18N4O2S/c16-15(3-4-15)13(20)17-10-1-2-11-12(9-10)22-14(18-11)19-5-7-21-8-6-19/h1-2,9H,3-8,16H2,(H,17,20). The molecule has 2 aromatic rings. The number of anilines is 2. The fourth-order valence-corrected chi connectivity index (χ4v) is 3.55. The van der Waals surface area contributed by atoms with Gasteiger partial charge in [0.05, 0.1) is 29.0 Å². The summed E-state index contributed by atoms with van der Waals surface area (Å²) in [5, 5.41) is 3.92. The first-order valence-electron chi connectivity index (χ1n) is 7.48. The highest BCUT2D eigenvalue weighted by Crippen LogP contribution is 2.35. The van der Waals surface area contributed by atoms with E-state index in [4.69, 9.17) is 10.5 Å². The Labute approximate surface area is 132 Å². The summed E-state index contributed by atoms with van der Waals surface area (Å²) < 4.78 is 6.44. The quantitative estimate of drug-likeness (QED) is 0.898. The number of nitrogens with zero attached hydrogens (tertiary/aromatic N) is 2. The molecule has 0 radical (unpaired) electrons. The van der Waals surface area contributed by atoms with Crippen molar-refractivity contribution in [2.24, 2.45) is 5.73 Å². The maximum atomic E-state index is 12.0. The number of nitrogens with two attached hydrogens (primary N) is 1. The summed E-state index contributed by atoms with van der Waals surface area (Å²) in [4.78, 5) is 18.9. The predicted molar refractivity (Wildman–Crippen MR) is 87.4 cm³/mol. The van der Waals surface area contributed by atoms with Gasteiger partial charge in [-0.15, -0.1) is 0 Å². The maximum absolute atomic E-state index is 12.0. The van der Waals surface area contributed by atoms with Gasteiger partial charge in [-0.25, -0.2) is 4.98 Å². The van der Waals surface area contributed by atoms with E-state index in [0.29, 0.717) is 0 Å². The van der Waals surface area contributed by atoms with Gasteiger partial charge in [0.2, 0.25) is 5.91 Å². The number of ether oxygens (including phenoxy) is 1. The number of benzene rings is 1. The van der Waals surface area contributed by atoms with Crippen molar-refractivity contribution in [3.8, 4) is 0 Å². The molecule has 6 nitrogen and oxygen atoms in total. The highest BCUT2D eigenvalue weighted by molar-refractivity contribution is 7.22. The molecule has 22 heavy (non-hydrogen) atoms. The highest BCUT2D eigenvalue weighted by atomic mass is 32.1. The Bertz CT molecular complexity index is 719. The van der Waals surface area contributed by atoms with Crippen LogP contribution in [0.5, 0.6) is 0 Å². The minimum atomic E-state index is -0.651. The predicted octanol–water partition coefficient (Wildman–Crippen LogP) is 1.56. The van der Waals surface area contributed by atoms with Gasteiger partial charge < -0.3 is 20.7 Å². The summed E-state index contributed by atoms with van der Waals surface area (Å²) in [6.07, 6.45) is 1.53. The first-order chi connectivity index (χ1) is 10.6. The summed E-state index contributed by atoms with van der Waals surface area (Å²) >= 11 is 1.64. The van der Waals surface area contributed by atoms with Crippen molar-refractivity contribution in [1.82, 2.24) is 4.98 Å². The van der Waals surface area contributed by atoms with E-state index in [1.54, 1.807) is 11.3 Å². The molecule has 2 aliphatic rings. The van der Waals surface area contributed by atoms with Crippen LogP contribution >= 0.6 is 11.3 Å². The number of fused-ring (bicyclic) bond motifs is 1. The average molecular weight is 318 g/mol. The molecule has 0 spiro atoms. The summed E-state index contributed by atoms with van der Waals surface area (Å²) in [6, 6.07) is 5.80. The average Bonchev–Trinajstić information content (AvgIpc) is 3.15. The lowest BCUT2D eigenvalue weighted by Crippen LogP contribution is -2.37. The number of hydrogen-bond acceptors (Lipinski definition) is 6. The van der Waals surface area contributed by atoms with Gasteiger partial charge in [0, 0.05) is 18.8 Å². The van der Waals surface area contributed by atoms with Gasteiger partial charge in [-0.05, 0) is 31.0 Å². The number of hydrogen-bond donors (Lipinski definition) is 2.